The molecule has 0 saturated heterocycles. The molecule has 0 atom stereocenters. The molecule has 1 aromatic carbocycles. The van der Waals surface area contributed by atoms with Crippen molar-refractivity contribution in [3.8, 4) is 0 Å². The number of anilines is 1. The lowest BCUT2D eigenvalue weighted by atomic mass is 10.1. The molecular formula is C16H22N2O2. The van der Waals surface area contributed by atoms with E-state index in [0.717, 1.165) is 37.8 Å². The number of benzene rings is 1. The zero-order valence-corrected chi connectivity index (χ0v) is 11.9. The summed E-state index contributed by atoms with van der Waals surface area (Å²) in [6.07, 6.45) is 5.19. The average molecular weight is 274 g/mol. The van der Waals surface area contributed by atoms with Crippen molar-refractivity contribution in [1.29, 1.82) is 0 Å². The Bertz CT molecular complexity index is 462. The molecule has 1 aliphatic rings. The zero-order valence-electron chi connectivity index (χ0n) is 11.9. The number of amides is 2. The maximum atomic E-state index is 12.0. The second kappa shape index (κ2) is 7.08. The monoisotopic (exact) mass is 274 g/mol. The summed E-state index contributed by atoms with van der Waals surface area (Å²) in [6.45, 7) is 2.70. The Morgan fingerprint density at radius 2 is 1.80 bits per heavy atom. The Kier molecular flexibility index (Phi) is 5.16. The lowest BCUT2D eigenvalue weighted by Gasteiger charge is -2.10. The molecule has 1 aliphatic carbocycles. The fraction of sp³-hybridized carbons (Fsp3) is 0.500. The Balaban J connectivity index is 1.90. The molecule has 20 heavy (non-hydrogen) atoms. The molecule has 0 unspecified atom stereocenters. The number of hydrogen-bond acceptors (Lipinski definition) is 2. The first-order valence-corrected chi connectivity index (χ1v) is 7.40. The van der Waals surface area contributed by atoms with Crippen LogP contribution < -0.4 is 10.6 Å². The van der Waals surface area contributed by atoms with Gasteiger partial charge in [0.2, 0.25) is 5.91 Å². The summed E-state index contributed by atoms with van der Waals surface area (Å²) < 4.78 is 0. The van der Waals surface area contributed by atoms with Gasteiger partial charge in [0, 0.05) is 23.7 Å². The molecule has 0 aromatic heterocycles. The highest BCUT2D eigenvalue weighted by Crippen LogP contribution is 2.26. The molecule has 1 saturated carbocycles. The predicted octanol–water partition coefficient (Wildman–Crippen LogP) is 2.96. The van der Waals surface area contributed by atoms with Gasteiger partial charge in [-0.1, -0.05) is 19.8 Å². The molecule has 4 nitrogen and oxygen atoms in total. The maximum Gasteiger partial charge on any atom is 0.251 e. The molecular weight excluding hydrogens is 252 g/mol. The topological polar surface area (TPSA) is 58.2 Å². The van der Waals surface area contributed by atoms with Crippen molar-refractivity contribution in [1.82, 2.24) is 5.32 Å². The molecule has 108 valence electrons. The molecule has 0 aliphatic heterocycles. The van der Waals surface area contributed by atoms with Gasteiger partial charge in [0.25, 0.3) is 5.91 Å². The van der Waals surface area contributed by atoms with Crippen LogP contribution in [-0.4, -0.2) is 18.4 Å². The number of carbonyl (C=O) groups is 2. The third-order valence-corrected chi connectivity index (χ3v) is 3.68. The normalized spacial score (nSPS) is 15.1. The Morgan fingerprint density at radius 3 is 2.40 bits per heavy atom. The van der Waals surface area contributed by atoms with Crippen molar-refractivity contribution in [2.24, 2.45) is 5.92 Å². The Labute approximate surface area is 119 Å². The van der Waals surface area contributed by atoms with Crippen LogP contribution in [0.15, 0.2) is 24.3 Å². The van der Waals surface area contributed by atoms with Gasteiger partial charge in [0.05, 0.1) is 0 Å². The van der Waals surface area contributed by atoms with Gasteiger partial charge in [-0.25, -0.2) is 0 Å². The molecule has 2 rings (SSSR count). The number of carbonyl (C=O) groups excluding carboxylic acids is 2. The van der Waals surface area contributed by atoms with Gasteiger partial charge in [-0.3, -0.25) is 9.59 Å². The fourth-order valence-electron chi connectivity index (χ4n) is 2.48. The SMILES string of the molecule is CCCNC(=O)c1ccc(NC(=O)C2CCCC2)cc1. The largest absolute Gasteiger partial charge is 0.352 e. The average Bonchev–Trinajstić information content (AvgIpc) is 3.00. The van der Waals surface area contributed by atoms with Crippen LogP contribution in [0.1, 0.15) is 49.4 Å². The maximum absolute atomic E-state index is 12.0. The standard InChI is InChI=1S/C16H22N2O2/c1-2-11-17-15(19)13-7-9-14(10-8-13)18-16(20)12-5-3-4-6-12/h7-10,12H,2-6,11H2,1H3,(H,17,19)(H,18,20). The molecule has 2 amide bonds. The molecule has 0 bridgehead atoms. The fourth-order valence-corrected chi connectivity index (χ4v) is 2.48. The predicted molar refractivity (Wildman–Crippen MR) is 79.7 cm³/mol. The Morgan fingerprint density at radius 1 is 1.15 bits per heavy atom. The van der Waals surface area contributed by atoms with E-state index in [0.29, 0.717) is 12.1 Å². The lowest BCUT2D eigenvalue weighted by molar-refractivity contribution is -0.119. The van der Waals surface area contributed by atoms with Gasteiger partial charge < -0.3 is 10.6 Å². The van der Waals surface area contributed by atoms with Gasteiger partial charge >= 0.3 is 0 Å². The second-order valence-corrected chi connectivity index (χ2v) is 5.30. The van der Waals surface area contributed by atoms with Crippen molar-refractivity contribution in [2.75, 3.05) is 11.9 Å². The highest BCUT2D eigenvalue weighted by Gasteiger charge is 2.22. The van der Waals surface area contributed by atoms with E-state index in [1.54, 1.807) is 24.3 Å². The molecule has 2 N–H and O–H groups in total. The second-order valence-electron chi connectivity index (χ2n) is 5.30. The zero-order chi connectivity index (χ0) is 14.4. The summed E-state index contributed by atoms with van der Waals surface area (Å²) in [5, 5.41) is 5.75. The lowest BCUT2D eigenvalue weighted by Crippen LogP contribution is -2.24. The quantitative estimate of drug-likeness (QED) is 0.867. The molecule has 0 heterocycles. The van der Waals surface area contributed by atoms with Crippen LogP contribution in [0.3, 0.4) is 0 Å². The number of rotatable bonds is 5. The highest BCUT2D eigenvalue weighted by atomic mass is 16.2. The summed E-state index contributed by atoms with van der Waals surface area (Å²) in [5.41, 5.74) is 1.38. The summed E-state index contributed by atoms with van der Waals surface area (Å²) in [7, 11) is 0. The van der Waals surface area contributed by atoms with Crippen LogP contribution in [0.5, 0.6) is 0 Å². The summed E-state index contributed by atoms with van der Waals surface area (Å²) in [6, 6.07) is 7.06. The van der Waals surface area contributed by atoms with Crippen molar-refractivity contribution < 1.29 is 9.59 Å². The van der Waals surface area contributed by atoms with Crippen molar-refractivity contribution >= 4 is 17.5 Å². The van der Waals surface area contributed by atoms with Crippen LogP contribution in [0.25, 0.3) is 0 Å². The minimum atomic E-state index is -0.0690. The third kappa shape index (κ3) is 3.83. The summed E-state index contributed by atoms with van der Waals surface area (Å²) in [5.74, 6) is 0.189. The molecule has 0 radical (unpaired) electrons. The number of nitrogens with one attached hydrogen (secondary N) is 2. The van der Waals surface area contributed by atoms with E-state index >= 15 is 0 Å². The third-order valence-electron chi connectivity index (χ3n) is 3.68. The van der Waals surface area contributed by atoms with Crippen molar-refractivity contribution in [2.45, 2.75) is 39.0 Å². The minimum Gasteiger partial charge on any atom is -0.352 e. The summed E-state index contributed by atoms with van der Waals surface area (Å²) in [4.78, 5) is 23.7. The van der Waals surface area contributed by atoms with E-state index in [1.807, 2.05) is 6.92 Å². The molecule has 0 spiro atoms. The van der Waals surface area contributed by atoms with Crippen LogP contribution in [0.4, 0.5) is 5.69 Å². The van der Waals surface area contributed by atoms with Gasteiger partial charge in [-0.05, 0) is 43.5 Å². The van der Waals surface area contributed by atoms with Crippen LogP contribution in [0, 0.1) is 5.92 Å². The van der Waals surface area contributed by atoms with Gasteiger partial charge in [-0.2, -0.15) is 0 Å². The van der Waals surface area contributed by atoms with E-state index < -0.39 is 0 Å². The van der Waals surface area contributed by atoms with Gasteiger partial charge in [0.15, 0.2) is 0 Å². The smallest absolute Gasteiger partial charge is 0.251 e. The van der Waals surface area contributed by atoms with E-state index in [-0.39, 0.29) is 17.7 Å². The van der Waals surface area contributed by atoms with Crippen LogP contribution >= 0.6 is 0 Å². The Hall–Kier alpha value is -1.84. The van der Waals surface area contributed by atoms with E-state index in [2.05, 4.69) is 10.6 Å². The molecule has 4 heteroatoms. The molecule has 1 aromatic rings. The first-order valence-electron chi connectivity index (χ1n) is 7.40. The van der Waals surface area contributed by atoms with Gasteiger partial charge in [-0.15, -0.1) is 0 Å². The first kappa shape index (κ1) is 14.6. The highest BCUT2D eigenvalue weighted by molar-refractivity contribution is 5.96. The van der Waals surface area contributed by atoms with Crippen LogP contribution in [0.2, 0.25) is 0 Å². The minimum absolute atomic E-state index is 0.0690. The van der Waals surface area contributed by atoms with E-state index in [1.165, 1.54) is 0 Å². The van der Waals surface area contributed by atoms with E-state index in [9.17, 15) is 9.59 Å². The molecule has 1 fully saturated rings. The van der Waals surface area contributed by atoms with Crippen molar-refractivity contribution in [3.63, 3.8) is 0 Å². The summed E-state index contributed by atoms with van der Waals surface area (Å²) >= 11 is 0. The van der Waals surface area contributed by atoms with E-state index in [4.69, 9.17) is 0 Å². The van der Waals surface area contributed by atoms with Gasteiger partial charge in [0.1, 0.15) is 0 Å². The first-order chi connectivity index (χ1) is 9.70. The van der Waals surface area contributed by atoms with Crippen LogP contribution in [-0.2, 0) is 4.79 Å². The van der Waals surface area contributed by atoms with Crippen molar-refractivity contribution in [3.05, 3.63) is 29.8 Å². The number of hydrogen-bond donors (Lipinski definition) is 2.